The predicted molar refractivity (Wildman–Crippen MR) is 119 cm³/mol. The number of piperazine rings is 1. The third-order valence-electron chi connectivity index (χ3n) is 4.89. The summed E-state index contributed by atoms with van der Waals surface area (Å²) in [6, 6.07) is 1.87. The largest absolute Gasteiger partial charge is 0.444 e. The second-order valence-corrected chi connectivity index (χ2v) is 10.4. The number of carbonyl (C=O) groups excluding carboxylic acids is 1. The zero-order chi connectivity index (χ0) is 20.9. The molecular weight excluding hydrogens is 480 g/mol. The van der Waals surface area contributed by atoms with Crippen molar-refractivity contribution in [2.24, 2.45) is 0 Å². The number of aryl methyl sites for hydroxylation is 1. The first-order valence-corrected chi connectivity index (χ1v) is 11.6. The van der Waals surface area contributed by atoms with Gasteiger partial charge < -0.3 is 14.5 Å². The molecule has 0 N–H and O–H groups in total. The lowest BCUT2D eigenvalue weighted by Gasteiger charge is -2.36. The molecule has 156 valence electrons. The van der Waals surface area contributed by atoms with Gasteiger partial charge in [-0.2, -0.15) is 4.98 Å². The Balaban J connectivity index is 1.67. The summed E-state index contributed by atoms with van der Waals surface area (Å²) >= 11 is 11.7. The van der Waals surface area contributed by atoms with Crippen molar-refractivity contribution in [3.05, 3.63) is 26.0 Å². The molecule has 3 heterocycles. The van der Waals surface area contributed by atoms with Gasteiger partial charge in [0.05, 0.1) is 15.0 Å². The highest BCUT2D eigenvalue weighted by Crippen LogP contribution is 2.43. The normalized spacial score (nSPS) is 17.0. The van der Waals surface area contributed by atoms with E-state index in [0.717, 1.165) is 26.0 Å². The summed E-state index contributed by atoms with van der Waals surface area (Å²) < 4.78 is 8.01. The van der Waals surface area contributed by atoms with Crippen LogP contribution in [0.15, 0.2) is 20.2 Å². The van der Waals surface area contributed by atoms with Crippen LogP contribution >= 0.6 is 39.3 Å². The van der Waals surface area contributed by atoms with Crippen molar-refractivity contribution in [1.29, 1.82) is 0 Å². The van der Waals surface area contributed by atoms with Crippen LogP contribution in [0.25, 0.3) is 10.9 Å². The molecule has 0 spiro atoms. The molecular formula is C19H22BrClN4O3S. The van der Waals surface area contributed by atoms with E-state index < -0.39 is 5.60 Å². The Hall–Kier alpha value is -1.45. The molecule has 1 saturated heterocycles. The van der Waals surface area contributed by atoms with Crippen LogP contribution in [-0.4, -0.2) is 58.1 Å². The highest BCUT2D eigenvalue weighted by Gasteiger charge is 2.29. The van der Waals surface area contributed by atoms with Gasteiger partial charge in [-0.3, -0.25) is 4.57 Å². The van der Waals surface area contributed by atoms with Gasteiger partial charge in [-0.05, 0) is 42.8 Å². The van der Waals surface area contributed by atoms with Crippen LogP contribution in [-0.2, 0) is 11.3 Å². The number of anilines is 1. The van der Waals surface area contributed by atoms with Crippen molar-refractivity contribution in [3.8, 4) is 0 Å². The summed E-state index contributed by atoms with van der Waals surface area (Å²) in [4.78, 5) is 34.2. The molecule has 4 rings (SSSR count). The summed E-state index contributed by atoms with van der Waals surface area (Å²) in [6.45, 7) is 8.35. The van der Waals surface area contributed by atoms with Crippen molar-refractivity contribution in [1.82, 2.24) is 14.5 Å². The molecule has 2 aliphatic heterocycles. The molecule has 7 nitrogen and oxygen atoms in total. The Morgan fingerprint density at radius 1 is 1.24 bits per heavy atom. The van der Waals surface area contributed by atoms with E-state index in [4.69, 9.17) is 16.3 Å². The summed E-state index contributed by atoms with van der Waals surface area (Å²) in [6.07, 6.45) is -0.314. The molecule has 0 atom stereocenters. The van der Waals surface area contributed by atoms with Crippen LogP contribution < -0.4 is 10.6 Å². The van der Waals surface area contributed by atoms with Crippen LogP contribution in [0.1, 0.15) is 20.8 Å². The topological polar surface area (TPSA) is 67.7 Å². The average Bonchev–Trinajstić information content (AvgIpc) is 2.67. The van der Waals surface area contributed by atoms with Crippen molar-refractivity contribution in [2.45, 2.75) is 37.8 Å². The van der Waals surface area contributed by atoms with Gasteiger partial charge in [0.25, 0.3) is 0 Å². The van der Waals surface area contributed by atoms with Crippen molar-refractivity contribution < 1.29 is 9.53 Å². The Bertz CT molecular complexity index is 1040. The fraction of sp³-hybridized carbons (Fsp3) is 0.526. The fourth-order valence-corrected chi connectivity index (χ4v) is 5.56. The summed E-state index contributed by atoms with van der Waals surface area (Å²) in [5, 5.41) is 1.47. The molecule has 0 unspecified atom stereocenters. The monoisotopic (exact) mass is 500 g/mol. The smallest absolute Gasteiger partial charge is 0.410 e. The van der Waals surface area contributed by atoms with Crippen LogP contribution in [0.2, 0.25) is 5.02 Å². The van der Waals surface area contributed by atoms with Crippen LogP contribution in [0.5, 0.6) is 0 Å². The third-order valence-corrected chi connectivity index (χ3v) is 7.57. The standard InChI is InChI=1S/C19H22BrClN4O3S/c1-19(2,3)28-18(27)24-6-4-23(5-7-24)16-11-10-12(21)13(20)15-14(11)25(8-9-29-15)17(26)22-16/h10H,4-9H2,1-3H3. The summed E-state index contributed by atoms with van der Waals surface area (Å²) in [7, 11) is 0. The third kappa shape index (κ3) is 3.96. The zero-order valence-corrected chi connectivity index (χ0v) is 19.7. The number of halogens is 2. The van der Waals surface area contributed by atoms with E-state index in [0.29, 0.717) is 43.6 Å². The van der Waals surface area contributed by atoms with Gasteiger partial charge >= 0.3 is 11.8 Å². The van der Waals surface area contributed by atoms with Crippen molar-refractivity contribution >= 4 is 62.1 Å². The van der Waals surface area contributed by atoms with E-state index in [1.54, 1.807) is 21.2 Å². The van der Waals surface area contributed by atoms with Gasteiger partial charge in [0.1, 0.15) is 11.4 Å². The number of amides is 1. The van der Waals surface area contributed by atoms with E-state index in [-0.39, 0.29) is 11.8 Å². The maximum Gasteiger partial charge on any atom is 0.410 e. The van der Waals surface area contributed by atoms with E-state index in [9.17, 15) is 9.59 Å². The lowest BCUT2D eigenvalue weighted by Crippen LogP contribution is -2.50. The Kier molecular flexibility index (Phi) is 5.50. The van der Waals surface area contributed by atoms with Gasteiger partial charge in [0.15, 0.2) is 0 Å². The first-order chi connectivity index (χ1) is 13.7. The molecule has 0 radical (unpaired) electrons. The van der Waals surface area contributed by atoms with Crippen LogP contribution in [0, 0.1) is 0 Å². The quantitative estimate of drug-likeness (QED) is 0.589. The molecule has 0 aliphatic carbocycles. The number of rotatable bonds is 1. The SMILES string of the molecule is CC(C)(C)OC(=O)N1CCN(c2nc(=O)n3c4c(c(Br)c(Cl)cc24)SCC3)CC1. The molecule has 2 aliphatic rings. The number of thioether (sulfide) groups is 1. The molecule has 1 aromatic carbocycles. The minimum absolute atomic E-state index is 0.252. The Morgan fingerprint density at radius 3 is 2.59 bits per heavy atom. The van der Waals surface area contributed by atoms with Crippen LogP contribution in [0.3, 0.4) is 0 Å². The molecule has 29 heavy (non-hydrogen) atoms. The molecule has 2 aromatic rings. The minimum atomic E-state index is -0.525. The predicted octanol–water partition coefficient (Wildman–Crippen LogP) is 3.98. The van der Waals surface area contributed by atoms with Crippen LogP contribution in [0.4, 0.5) is 10.6 Å². The van der Waals surface area contributed by atoms with Gasteiger partial charge in [-0.25, -0.2) is 9.59 Å². The molecule has 1 fully saturated rings. The maximum atomic E-state index is 12.7. The molecule has 0 bridgehead atoms. The first kappa shape index (κ1) is 20.8. The number of ether oxygens (including phenoxy) is 1. The van der Waals surface area contributed by atoms with Crippen molar-refractivity contribution in [2.75, 3.05) is 36.8 Å². The number of carbonyl (C=O) groups is 1. The minimum Gasteiger partial charge on any atom is -0.444 e. The van der Waals surface area contributed by atoms with Gasteiger partial charge in [0.2, 0.25) is 0 Å². The highest BCUT2D eigenvalue weighted by atomic mass is 79.9. The van der Waals surface area contributed by atoms with E-state index in [1.165, 1.54) is 0 Å². The number of nitrogens with zero attached hydrogens (tertiary/aromatic N) is 4. The second kappa shape index (κ2) is 7.67. The van der Waals surface area contributed by atoms with E-state index >= 15 is 0 Å². The zero-order valence-electron chi connectivity index (χ0n) is 16.5. The molecule has 1 aromatic heterocycles. The second-order valence-electron chi connectivity index (χ2n) is 8.07. The summed E-state index contributed by atoms with van der Waals surface area (Å²) in [5.74, 6) is 1.43. The lowest BCUT2D eigenvalue weighted by molar-refractivity contribution is 0.0240. The Morgan fingerprint density at radius 2 is 1.93 bits per heavy atom. The lowest BCUT2D eigenvalue weighted by atomic mass is 10.2. The first-order valence-electron chi connectivity index (χ1n) is 9.44. The summed E-state index contributed by atoms with van der Waals surface area (Å²) in [5.41, 5.74) is 0.0996. The Labute approximate surface area is 186 Å². The van der Waals surface area contributed by atoms with Gasteiger partial charge in [-0.15, -0.1) is 11.8 Å². The van der Waals surface area contributed by atoms with E-state index in [1.807, 2.05) is 26.8 Å². The fourth-order valence-electron chi connectivity index (χ4n) is 3.58. The molecule has 0 saturated carbocycles. The number of aromatic nitrogens is 2. The average molecular weight is 502 g/mol. The number of hydrogen-bond acceptors (Lipinski definition) is 6. The van der Waals surface area contributed by atoms with Gasteiger partial charge in [0, 0.05) is 48.8 Å². The molecule has 10 heteroatoms. The van der Waals surface area contributed by atoms with Crippen molar-refractivity contribution in [3.63, 3.8) is 0 Å². The highest BCUT2D eigenvalue weighted by molar-refractivity contribution is 9.10. The maximum absolute atomic E-state index is 12.7. The van der Waals surface area contributed by atoms with Gasteiger partial charge in [-0.1, -0.05) is 11.6 Å². The molecule has 1 amide bonds. The number of benzene rings is 1. The van der Waals surface area contributed by atoms with E-state index in [2.05, 4.69) is 25.8 Å². The number of hydrogen-bond donors (Lipinski definition) is 0.